The molecular weight excluding hydrogens is 234 g/mol. The lowest BCUT2D eigenvalue weighted by Gasteiger charge is -2.11. The summed E-state index contributed by atoms with van der Waals surface area (Å²) in [5.74, 6) is 1.09. The standard InChI is InChI=1S/C16H19N3/c17-9-8-14-11-18-16(19-14)10-13-6-3-5-12-4-1-2-7-15(12)13/h1-7,14H,8-11,17H2,(H,18,19)/t14-/m1/s1. The van der Waals surface area contributed by atoms with Crippen LogP contribution in [0.15, 0.2) is 47.5 Å². The van der Waals surface area contributed by atoms with Crippen molar-refractivity contribution in [3.05, 3.63) is 48.0 Å². The van der Waals surface area contributed by atoms with E-state index in [4.69, 9.17) is 5.73 Å². The fourth-order valence-corrected chi connectivity index (χ4v) is 2.65. The SMILES string of the molecule is NCC[C@@H]1CN=C(Cc2cccc3ccccc23)N1. The third-order valence-corrected chi connectivity index (χ3v) is 3.63. The molecule has 3 N–H and O–H groups in total. The average Bonchev–Trinajstić information content (AvgIpc) is 2.87. The number of aliphatic imine (C=N–C) groups is 1. The Kier molecular flexibility index (Phi) is 3.47. The van der Waals surface area contributed by atoms with Gasteiger partial charge in [0.05, 0.1) is 6.54 Å². The number of fused-ring (bicyclic) bond motifs is 1. The lowest BCUT2D eigenvalue weighted by molar-refractivity contribution is 0.608. The predicted octanol–water partition coefficient (Wildman–Crippen LogP) is 2.10. The number of benzene rings is 2. The maximum absolute atomic E-state index is 5.59. The minimum Gasteiger partial charge on any atom is -0.369 e. The van der Waals surface area contributed by atoms with Gasteiger partial charge >= 0.3 is 0 Å². The van der Waals surface area contributed by atoms with E-state index in [0.29, 0.717) is 12.6 Å². The highest BCUT2D eigenvalue weighted by Crippen LogP contribution is 2.19. The van der Waals surface area contributed by atoms with Crippen LogP contribution in [0.4, 0.5) is 0 Å². The Balaban J connectivity index is 1.79. The highest BCUT2D eigenvalue weighted by molar-refractivity contribution is 5.92. The van der Waals surface area contributed by atoms with Crippen LogP contribution in [0, 0.1) is 0 Å². The van der Waals surface area contributed by atoms with Crippen LogP contribution in [0.2, 0.25) is 0 Å². The van der Waals surface area contributed by atoms with Crippen LogP contribution < -0.4 is 11.1 Å². The van der Waals surface area contributed by atoms with Crippen LogP contribution >= 0.6 is 0 Å². The van der Waals surface area contributed by atoms with Crippen LogP contribution in [-0.4, -0.2) is 25.0 Å². The smallest absolute Gasteiger partial charge is 0.101 e. The van der Waals surface area contributed by atoms with Gasteiger partial charge in [-0.15, -0.1) is 0 Å². The normalized spacial score (nSPS) is 18.4. The minimum atomic E-state index is 0.426. The second kappa shape index (κ2) is 5.41. The first-order valence-electron chi connectivity index (χ1n) is 6.83. The molecule has 98 valence electrons. The maximum Gasteiger partial charge on any atom is 0.101 e. The Hall–Kier alpha value is -1.87. The van der Waals surface area contributed by atoms with Gasteiger partial charge in [-0.3, -0.25) is 4.99 Å². The summed E-state index contributed by atoms with van der Waals surface area (Å²) in [5, 5.41) is 6.08. The molecule has 3 rings (SSSR count). The Labute approximate surface area is 113 Å². The van der Waals surface area contributed by atoms with E-state index in [0.717, 1.165) is 25.2 Å². The molecule has 2 aromatic carbocycles. The van der Waals surface area contributed by atoms with Gasteiger partial charge in [-0.05, 0) is 29.3 Å². The monoisotopic (exact) mass is 253 g/mol. The summed E-state index contributed by atoms with van der Waals surface area (Å²) in [6.07, 6.45) is 1.87. The van der Waals surface area contributed by atoms with Crippen molar-refractivity contribution in [3.8, 4) is 0 Å². The Bertz CT molecular complexity index is 598. The largest absolute Gasteiger partial charge is 0.369 e. The van der Waals surface area contributed by atoms with E-state index in [-0.39, 0.29) is 0 Å². The van der Waals surface area contributed by atoms with Gasteiger partial charge in [0.15, 0.2) is 0 Å². The Morgan fingerprint density at radius 2 is 2.00 bits per heavy atom. The summed E-state index contributed by atoms with van der Waals surface area (Å²) >= 11 is 0. The van der Waals surface area contributed by atoms with Crippen molar-refractivity contribution in [1.82, 2.24) is 5.32 Å². The van der Waals surface area contributed by atoms with Gasteiger partial charge in [-0.25, -0.2) is 0 Å². The van der Waals surface area contributed by atoms with Gasteiger partial charge in [0.1, 0.15) is 5.84 Å². The van der Waals surface area contributed by atoms with Crippen molar-refractivity contribution < 1.29 is 0 Å². The van der Waals surface area contributed by atoms with E-state index >= 15 is 0 Å². The second-order valence-corrected chi connectivity index (χ2v) is 5.02. The number of hydrogen-bond acceptors (Lipinski definition) is 3. The van der Waals surface area contributed by atoms with E-state index in [1.807, 2.05) is 0 Å². The summed E-state index contributed by atoms with van der Waals surface area (Å²) < 4.78 is 0. The van der Waals surface area contributed by atoms with Crippen LogP contribution in [0.5, 0.6) is 0 Å². The second-order valence-electron chi connectivity index (χ2n) is 5.02. The van der Waals surface area contributed by atoms with E-state index in [1.165, 1.54) is 16.3 Å². The van der Waals surface area contributed by atoms with E-state index in [1.54, 1.807) is 0 Å². The zero-order valence-electron chi connectivity index (χ0n) is 11.0. The first-order valence-corrected chi connectivity index (χ1v) is 6.83. The molecule has 3 heteroatoms. The van der Waals surface area contributed by atoms with Gasteiger partial charge in [0.2, 0.25) is 0 Å². The predicted molar refractivity (Wildman–Crippen MR) is 80.5 cm³/mol. The van der Waals surface area contributed by atoms with Gasteiger partial charge < -0.3 is 11.1 Å². The lowest BCUT2D eigenvalue weighted by atomic mass is 10.0. The molecular formula is C16H19N3. The summed E-state index contributed by atoms with van der Waals surface area (Å²) in [6.45, 7) is 1.58. The lowest BCUT2D eigenvalue weighted by Crippen LogP contribution is -2.32. The first kappa shape index (κ1) is 12.2. The van der Waals surface area contributed by atoms with E-state index in [9.17, 15) is 0 Å². The molecule has 0 fully saturated rings. The van der Waals surface area contributed by atoms with Gasteiger partial charge in [0, 0.05) is 12.5 Å². The highest BCUT2D eigenvalue weighted by atomic mass is 15.1. The Morgan fingerprint density at radius 1 is 1.16 bits per heavy atom. The zero-order valence-corrected chi connectivity index (χ0v) is 11.0. The Morgan fingerprint density at radius 3 is 2.89 bits per heavy atom. The number of amidine groups is 1. The van der Waals surface area contributed by atoms with Crippen molar-refractivity contribution in [2.75, 3.05) is 13.1 Å². The van der Waals surface area contributed by atoms with Crippen molar-refractivity contribution in [1.29, 1.82) is 0 Å². The molecule has 1 heterocycles. The quantitative estimate of drug-likeness (QED) is 0.876. The minimum absolute atomic E-state index is 0.426. The third kappa shape index (κ3) is 2.61. The number of nitrogens with one attached hydrogen (secondary N) is 1. The molecule has 3 nitrogen and oxygen atoms in total. The zero-order chi connectivity index (χ0) is 13.1. The van der Waals surface area contributed by atoms with Gasteiger partial charge in [0.25, 0.3) is 0 Å². The highest BCUT2D eigenvalue weighted by Gasteiger charge is 2.16. The van der Waals surface area contributed by atoms with Gasteiger partial charge in [-0.2, -0.15) is 0 Å². The van der Waals surface area contributed by atoms with Crippen molar-refractivity contribution in [2.45, 2.75) is 18.9 Å². The first-order chi connectivity index (χ1) is 9.36. The molecule has 1 aliphatic heterocycles. The molecule has 1 aliphatic rings. The molecule has 0 aromatic heterocycles. The molecule has 0 unspecified atom stereocenters. The van der Waals surface area contributed by atoms with Crippen LogP contribution in [-0.2, 0) is 6.42 Å². The summed E-state index contributed by atoms with van der Waals surface area (Å²) in [4.78, 5) is 4.59. The maximum atomic E-state index is 5.59. The summed E-state index contributed by atoms with van der Waals surface area (Å²) in [7, 11) is 0. The van der Waals surface area contributed by atoms with E-state index in [2.05, 4.69) is 52.8 Å². The van der Waals surface area contributed by atoms with E-state index < -0.39 is 0 Å². The molecule has 19 heavy (non-hydrogen) atoms. The summed E-state index contributed by atoms with van der Waals surface area (Å²) in [5.41, 5.74) is 6.92. The fourth-order valence-electron chi connectivity index (χ4n) is 2.65. The molecule has 0 aliphatic carbocycles. The van der Waals surface area contributed by atoms with Crippen molar-refractivity contribution >= 4 is 16.6 Å². The number of rotatable bonds is 4. The summed E-state index contributed by atoms with van der Waals surface area (Å²) in [6, 6.07) is 15.4. The average molecular weight is 253 g/mol. The molecule has 0 saturated heterocycles. The van der Waals surface area contributed by atoms with Crippen molar-refractivity contribution in [3.63, 3.8) is 0 Å². The van der Waals surface area contributed by atoms with Crippen LogP contribution in [0.1, 0.15) is 12.0 Å². The molecule has 0 bridgehead atoms. The third-order valence-electron chi connectivity index (χ3n) is 3.63. The topological polar surface area (TPSA) is 50.4 Å². The fraction of sp³-hybridized carbons (Fsp3) is 0.312. The molecule has 0 amide bonds. The molecule has 2 aromatic rings. The molecule has 1 atom stereocenters. The molecule has 0 saturated carbocycles. The molecule has 0 radical (unpaired) electrons. The molecule has 0 spiro atoms. The number of nitrogens with two attached hydrogens (primary N) is 1. The van der Waals surface area contributed by atoms with Crippen LogP contribution in [0.3, 0.4) is 0 Å². The number of nitrogens with zero attached hydrogens (tertiary/aromatic N) is 1. The van der Waals surface area contributed by atoms with Crippen molar-refractivity contribution in [2.24, 2.45) is 10.7 Å². The van der Waals surface area contributed by atoms with Gasteiger partial charge in [-0.1, -0.05) is 42.5 Å². The van der Waals surface area contributed by atoms with Crippen LogP contribution in [0.25, 0.3) is 10.8 Å². The number of hydrogen-bond donors (Lipinski definition) is 2.